The third-order valence-corrected chi connectivity index (χ3v) is 4.03. The fourth-order valence-corrected chi connectivity index (χ4v) is 3.70. The summed E-state index contributed by atoms with van der Waals surface area (Å²) in [5.41, 5.74) is -0.133. The molecular weight excluding hydrogens is 276 g/mol. The normalized spacial score (nSPS) is 18.5. The van der Waals surface area contributed by atoms with Crippen LogP contribution in [0.1, 0.15) is 74.1 Å². The van der Waals surface area contributed by atoms with Gasteiger partial charge in [-0.05, 0) is 44.4 Å². The predicted octanol–water partition coefficient (Wildman–Crippen LogP) is 3.35. The number of piperidine rings is 1. The molecule has 0 aromatic carbocycles. The van der Waals surface area contributed by atoms with Crippen LogP contribution in [-0.4, -0.2) is 34.8 Å². The average molecular weight is 310 g/mol. The van der Waals surface area contributed by atoms with Crippen molar-refractivity contribution in [2.75, 3.05) is 6.54 Å². The number of carbonyl (C=O) groups is 2. The van der Waals surface area contributed by atoms with Gasteiger partial charge in [0.05, 0.1) is 0 Å². The number of likely N-dealkylation sites (tertiary alicyclic amines) is 1. The zero-order valence-corrected chi connectivity index (χ0v) is 15.5. The van der Waals surface area contributed by atoms with Gasteiger partial charge >= 0.3 is 0 Å². The first-order valence-electron chi connectivity index (χ1n) is 8.54. The summed E-state index contributed by atoms with van der Waals surface area (Å²) in [6.07, 6.45) is 3.40. The van der Waals surface area contributed by atoms with Gasteiger partial charge < -0.3 is 10.2 Å². The first-order chi connectivity index (χ1) is 9.93. The molecule has 2 amide bonds. The van der Waals surface area contributed by atoms with Gasteiger partial charge in [0.15, 0.2) is 0 Å². The van der Waals surface area contributed by atoms with Crippen LogP contribution in [0.5, 0.6) is 0 Å². The summed E-state index contributed by atoms with van der Waals surface area (Å²) in [6, 6.07) is -0.355. The molecule has 0 aromatic heterocycles. The van der Waals surface area contributed by atoms with E-state index < -0.39 is 0 Å². The fraction of sp³-hybridized carbons (Fsp3) is 0.889. The molecule has 1 heterocycles. The van der Waals surface area contributed by atoms with Crippen LogP contribution in [0.25, 0.3) is 0 Å². The molecule has 0 bridgehead atoms. The van der Waals surface area contributed by atoms with Gasteiger partial charge in [-0.15, -0.1) is 0 Å². The average Bonchev–Trinajstić information content (AvgIpc) is 2.27. The van der Waals surface area contributed by atoms with E-state index in [1.807, 2.05) is 13.8 Å². The van der Waals surface area contributed by atoms with Gasteiger partial charge in [-0.3, -0.25) is 9.59 Å². The minimum Gasteiger partial charge on any atom is -0.349 e. The van der Waals surface area contributed by atoms with Gasteiger partial charge in [0.2, 0.25) is 11.8 Å². The maximum atomic E-state index is 12.8. The van der Waals surface area contributed by atoms with Crippen molar-refractivity contribution in [1.29, 1.82) is 0 Å². The van der Waals surface area contributed by atoms with Gasteiger partial charge in [-0.2, -0.15) is 0 Å². The summed E-state index contributed by atoms with van der Waals surface area (Å²) in [5, 5.41) is 3.18. The van der Waals surface area contributed by atoms with Gasteiger partial charge in [0.1, 0.15) is 6.04 Å². The van der Waals surface area contributed by atoms with Crippen molar-refractivity contribution in [3.63, 3.8) is 0 Å². The molecule has 4 nitrogen and oxygen atoms in total. The molecule has 1 atom stereocenters. The second-order valence-electron chi connectivity index (χ2n) is 8.84. The van der Waals surface area contributed by atoms with Crippen molar-refractivity contribution in [3.05, 3.63) is 0 Å². The van der Waals surface area contributed by atoms with Gasteiger partial charge in [0, 0.05) is 18.5 Å². The number of hydrogen-bond donors (Lipinski definition) is 1. The molecule has 0 aromatic rings. The summed E-state index contributed by atoms with van der Waals surface area (Å²) in [7, 11) is 0. The van der Waals surface area contributed by atoms with E-state index in [1.165, 1.54) is 0 Å². The summed E-state index contributed by atoms with van der Waals surface area (Å²) >= 11 is 0. The van der Waals surface area contributed by atoms with Crippen LogP contribution in [0.4, 0.5) is 0 Å². The topological polar surface area (TPSA) is 49.4 Å². The minimum absolute atomic E-state index is 0.0144. The fourth-order valence-electron chi connectivity index (χ4n) is 3.70. The smallest absolute Gasteiger partial charge is 0.243 e. The molecule has 0 spiro atoms. The molecule has 1 saturated heterocycles. The Hall–Kier alpha value is -1.06. The Morgan fingerprint density at radius 2 is 1.77 bits per heavy atom. The standard InChI is InChI=1S/C18H34N2O2/c1-13(2)15(20-11-9-8-10-14(20)21)16(22)19-18(6,7)12-17(3,4)5/h13,15H,8-12H2,1-7H3,(H,19,22). The summed E-state index contributed by atoms with van der Waals surface area (Å²) in [6.45, 7) is 15.4. The minimum atomic E-state index is -0.355. The van der Waals surface area contributed by atoms with Crippen LogP contribution in [0.15, 0.2) is 0 Å². The second kappa shape index (κ2) is 7.01. The molecule has 1 aliphatic rings. The lowest BCUT2D eigenvalue weighted by Gasteiger charge is -2.39. The molecule has 22 heavy (non-hydrogen) atoms. The van der Waals surface area contributed by atoms with Gasteiger partial charge in [-0.1, -0.05) is 34.6 Å². The number of nitrogens with one attached hydrogen (secondary N) is 1. The maximum absolute atomic E-state index is 12.8. The van der Waals surface area contributed by atoms with E-state index >= 15 is 0 Å². The largest absolute Gasteiger partial charge is 0.349 e. The highest BCUT2D eigenvalue weighted by atomic mass is 16.2. The van der Waals surface area contributed by atoms with Gasteiger partial charge in [0.25, 0.3) is 0 Å². The molecule has 128 valence electrons. The van der Waals surface area contributed by atoms with E-state index in [2.05, 4.69) is 39.9 Å². The zero-order valence-electron chi connectivity index (χ0n) is 15.5. The van der Waals surface area contributed by atoms with Crippen molar-refractivity contribution >= 4 is 11.8 Å². The number of nitrogens with zero attached hydrogens (tertiary/aromatic N) is 1. The van der Waals surface area contributed by atoms with E-state index in [0.717, 1.165) is 19.3 Å². The first kappa shape index (κ1) is 19.0. The van der Waals surface area contributed by atoms with Crippen molar-refractivity contribution in [2.45, 2.75) is 85.7 Å². The highest BCUT2D eigenvalue weighted by molar-refractivity contribution is 5.88. The monoisotopic (exact) mass is 310 g/mol. The molecule has 1 N–H and O–H groups in total. The van der Waals surface area contributed by atoms with Crippen molar-refractivity contribution in [1.82, 2.24) is 10.2 Å². The van der Waals surface area contributed by atoms with Crippen LogP contribution < -0.4 is 5.32 Å². The third kappa shape index (κ3) is 5.62. The van der Waals surface area contributed by atoms with Crippen LogP contribution in [0, 0.1) is 11.3 Å². The predicted molar refractivity (Wildman–Crippen MR) is 90.5 cm³/mol. The summed E-state index contributed by atoms with van der Waals surface area (Å²) < 4.78 is 0. The Labute approximate surface area is 136 Å². The van der Waals surface area contributed by atoms with E-state index in [1.54, 1.807) is 4.90 Å². The number of rotatable bonds is 5. The number of hydrogen-bond acceptors (Lipinski definition) is 2. The van der Waals surface area contributed by atoms with Crippen LogP contribution in [0.2, 0.25) is 0 Å². The maximum Gasteiger partial charge on any atom is 0.243 e. The lowest BCUT2D eigenvalue weighted by Crippen LogP contribution is -2.58. The Bertz CT molecular complexity index is 408. The lowest BCUT2D eigenvalue weighted by molar-refractivity contribution is -0.145. The van der Waals surface area contributed by atoms with Crippen molar-refractivity contribution in [2.24, 2.45) is 11.3 Å². The first-order valence-corrected chi connectivity index (χ1v) is 8.54. The quantitative estimate of drug-likeness (QED) is 0.846. The molecule has 4 heteroatoms. The van der Waals surface area contributed by atoms with Crippen LogP contribution in [0.3, 0.4) is 0 Å². The van der Waals surface area contributed by atoms with E-state index in [9.17, 15) is 9.59 Å². The van der Waals surface area contributed by atoms with E-state index in [0.29, 0.717) is 13.0 Å². The molecule has 0 aliphatic carbocycles. The molecule has 1 aliphatic heterocycles. The van der Waals surface area contributed by atoms with Crippen LogP contribution in [-0.2, 0) is 9.59 Å². The van der Waals surface area contributed by atoms with Crippen molar-refractivity contribution in [3.8, 4) is 0 Å². The van der Waals surface area contributed by atoms with E-state index in [4.69, 9.17) is 0 Å². The number of carbonyl (C=O) groups excluding carboxylic acids is 2. The number of amides is 2. The molecule has 1 unspecified atom stereocenters. The SMILES string of the molecule is CC(C)C(C(=O)NC(C)(C)CC(C)(C)C)N1CCCCC1=O. The Balaban J connectivity index is 2.83. The van der Waals surface area contributed by atoms with Crippen molar-refractivity contribution < 1.29 is 9.59 Å². The highest BCUT2D eigenvalue weighted by Crippen LogP contribution is 2.27. The second-order valence-corrected chi connectivity index (χ2v) is 8.84. The summed E-state index contributed by atoms with van der Waals surface area (Å²) in [5.74, 6) is 0.223. The van der Waals surface area contributed by atoms with Gasteiger partial charge in [-0.25, -0.2) is 0 Å². The third-order valence-electron chi connectivity index (χ3n) is 4.03. The Kier molecular flexibility index (Phi) is 6.05. The molecular formula is C18H34N2O2. The Morgan fingerprint density at radius 1 is 1.18 bits per heavy atom. The molecule has 0 radical (unpaired) electrons. The van der Waals surface area contributed by atoms with Crippen LogP contribution >= 0.6 is 0 Å². The summed E-state index contributed by atoms with van der Waals surface area (Å²) in [4.78, 5) is 26.8. The molecule has 1 rings (SSSR count). The molecule has 1 fully saturated rings. The Morgan fingerprint density at radius 3 is 2.23 bits per heavy atom. The lowest BCUT2D eigenvalue weighted by atomic mass is 9.81. The zero-order chi connectivity index (χ0) is 17.1. The van der Waals surface area contributed by atoms with E-state index in [-0.39, 0.29) is 34.7 Å². The molecule has 0 saturated carbocycles. The highest BCUT2D eigenvalue weighted by Gasteiger charge is 2.36.